The summed E-state index contributed by atoms with van der Waals surface area (Å²) < 4.78 is 0. The summed E-state index contributed by atoms with van der Waals surface area (Å²) in [6, 6.07) is 1.86. The topological polar surface area (TPSA) is 52.7 Å². The maximum absolute atomic E-state index is 12.3. The average Bonchev–Trinajstić information content (AvgIpc) is 3.10. The molecular weight excluding hydrogens is 274 g/mol. The SMILES string of the molecule is O=C1CCC(C(=O)N2CCN(Cc3ccsc3)CC2)N1. The average molecular weight is 293 g/mol. The molecule has 0 spiro atoms. The van der Waals surface area contributed by atoms with Gasteiger partial charge in [-0.3, -0.25) is 14.5 Å². The van der Waals surface area contributed by atoms with E-state index in [4.69, 9.17) is 0 Å². The van der Waals surface area contributed by atoms with Gasteiger partial charge < -0.3 is 10.2 Å². The van der Waals surface area contributed by atoms with Crippen molar-refractivity contribution in [2.24, 2.45) is 0 Å². The molecule has 2 fully saturated rings. The van der Waals surface area contributed by atoms with Gasteiger partial charge in [-0.2, -0.15) is 11.3 Å². The molecule has 0 aromatic carbocycles. The highest BCUT2D eigenvalue weighted by Gasteiger charge is 2.32. The first kappa shape index (κ1) is 13.6. The zero-order valence-electron chi connectivity index (χ0n) is 11.4. The molecule has 0 aliphatic carbocycles. The van der Waals surface area contributed by atoms with Gasteiger partial charge >= 0.3 is 0 Å². The first-order chi connectivity index (χ1) is 9.72. The van der Waals surface area contributed by atoms with E-state index in [1.165, 1.54) is 5.56 Å². The van der Waals surface area contributed by atoms with E-state index < -0.39 is 0 Å². The second kappa shape index (κ2) is 5.93. The lowest BCUT2D eigenvalue weighted by molar-refractivity contribution is -0.136. The van der Waals surface area contributed by atoms with Gasteiger partial charge in [0, 0.05) is 39.1 Å². The number of carbonyl (C=O) groups excluding carboxylic acids is 2. The minimum absolute atomic E-state index is 0.000515. The molecule has 1 atom stereocenters. The molecule has 0 radical (unpaired) electrons. The number of nitrogens with one attached hydrogen (secondary N) is 1. The van der Waals surface area contributed by atoms with Crippen LogP contribution in [-0.4, -0.2) is 53.8 Å². The predicted octanol–water partition coefficient (Wildman–Crippen LogP) is 0.671. The fraction of sp³-hybridized carbons (Fsp3) is 0.571. The van der Waals surface area contributed by atoms with Crippen LogP contribution in [0.3, 0.4) is 0 Å². The molecule has 6 heteroatoms. The molecule has 5 nitrogen and oxygen atoms in total. The second-order valence-corrected chi connectivity index (χ2v) is 6.17. The number of thiophene rings is 1. The molecule has 0 saturated carbocycles. The van der Waals surface area contributed by atoms with Gasteiger partial charge in [-0.1, -0.05) is 0 Å². The van der Waals surface area contributed by atoms with E-state index in [1.807, 2.05) is 4.90 Å². The fourth-order valence-electron chi connectivity index (χ4n) is 2.79. The van der Waals surface area contributed by atoms with E-state index in [-0.39, 0.29) is 17.9 Å². The lowest BCUT2D eigenvalue weighted by Gasteiger charge is -2.35. The standard InChI is InChI=1S/C14H19N3O2S/c18-13-2-1-12(15-13)14(19)17-6-4-16(5-7-17)9-11-3-8-20-10-11/h3,8,10,12H,1-2,4-7,9H2,(H,15,18). The summed E-state index contributed by atoms with van der Waals surface area (Å²) in [5.74, 6) is 0.0884. The Kier molecular flexibility index (Phi) is 4.03. The van der Waals surface area contributed by atoms with Crippen LogP contribution in [0.2, 0.25) is 0 Å². The third-order valence-electron chi connectivity index (χ3n) is 3.96. The van der Waals surface area contributed by atoms with Gasteiger partial charge in [-0.25, -0.2) is 0 Å². The summed E-state index contributed by atoms with van der Waals surface area (Å²) in [7, 11) is 0. The molecule has 108 valence electrons. The number of nitrogens with zero attached hydrogens (tertiary/aromatic N) is 2. The molecule has 3 heterocycles. The Hall–Kier alpha value is -1.40. The number of amides is 2. The first-order valence-electron chi connectivity index (χ1n) is 7.04. The van der Waals surface area contributed by atoms with Crippen molar-refractivity contribution in [2.75, 3.05) is 26.2 Å². The Morgan fingerprint density at radius 2 is 2.15 bits per heavy atom. The van der Waals surface area contributed by atoms with E-state index in [2.05, 4.69) is 27.0 Å². The minimum Gasteiger partial charge on any atom is -0.344 e. The minimum atomic E-state index is -0.286. The lowest BCUT2D eigenvalue weighted by atomic mass is 10.2. The van der Waals surface area contributed by atoms with Crippen molar-refractivity contribution < 1.29 is 9.59 Å². The van der Waals surface area contributed by atoms with Crippen molar-refractivity contribution in [1.82, 2.24) is 15.1 Å². The highest BCUT2D eigenvalue weighted by Crippen LogP contribution is 2.14. The maximum Gasteiger partial charge on any atom is 0.245 e. The van der Waals surface area contributed by atoms with Crippen LogP contribution in [0.15, 0.2) is 16.8 Å². The van der Waals surface area contributed by atoms with Gasteiger partial charge in [0.05, 0.1) is 0 Å². The quantitative estimate of drug-likeness (QED) is 0.891. The van der Waals surface area contributed by atoms with Crippen LogP contribution in [-0.2, 0) is 16.1 Å². The fourth-order valence-corrected chi connectivity index (χ4v) is 3.45. The van der Waals surface area contributed by atoms with Gasteiger partial charge in [-0.15, -0.1) is 0 Å². The Bertz CT molecular complexity index is 481. The molecule has 1 unspecified atom stereocenters. The molecule has 1 N–H and O–H groups in total. The Morgan fingerprint density at radius 3 is 2.75 bits per heavy atom. The van der Waals surface area contributed by atoms with Crippen LogP contribution in [0.1, 0.15) is 18.4 Å². The zero-order valence-corrected chi connectivity index (χ0v) is 12.2. The molecule has 0 bridgehead atoms. The van der Waals surface area contributed by atoms with Gasteiger partial charge in [-0.05, 0) is 28.8 Å². The number of hydrogen-bond acceptors (Lipinski definition) is 4. The van der Waals surface area contributed by atoms with E-state index in [0.717, 1.165) is 32.7 Å². The molecule has 1 aromatic rings. The van der Waals surface area contributed by atoms with Crippen LogP contribution in [0, 0.1) is 0 Å². The summed E-state index contributed by atoms with van der Waals surface area (Å²) in [5.41, 5.74) is 1.35. The van der Waals surface area contributed by atoms with Crippen molar-refractivity contribution in [3.8, 4) is 0 Å². The second-order valence-electron chi connectivity index (χ2n) is 5.39. The van der Waals surface area contributed by atoms with Crippen LogP contribution < -0.4 is 5.32 Å². The molecule has 2 aliphatic heterocycles. The summed E-state index contributed by atoms with van der Waals surface area (Å²) in [4.78, 5) is 27.7. The molecule has 20 heavy (non-hydrogen) atoms. The summed E-state index contributed by atoms with van der Waals surface area (Å²) in [5, 5.41) is 7.02. The van der Waals surface area contributed by atoms with Crippen molar-refractivity contribution in [3.63, 3.8) is 0 Å². The molecule has 2 amide bonds. The molecule has 2 saturated heterocycles. The normalized spacial score (nSPS) is 23.9. The zero-order chi connectivity index (χ0) is 13.9. The third kappa shape index (κ3) is 3.02. The monoisotopic (exact) mass is 293 g/mol. The Morgan fingerprint density at radius 1 is 1.35 bits per heavy atom. The highest BCUT2D eigenvalue weighted by atomic mass is 32.1. The summed E-state index contributed by atoms with van der Waals surface area (Å²) in [6.45, 7) is 4.29. The van der Waals surface area contributed by atoms with Gasteiger partial charge in [0.2, 0.25) is 11.8 Å². The van der Waals surface area contributed by atoms with Gasteiger partial charge in [0.15, 0.2) is 0 Å². The van der Waals surface area contributed by atoms with Crippen molar-refractivity contribution in [2.45, 2.75) is 25.4 Å². The number of rotatable bonds is 3. The smallest absolute Gasteiger partial charge is 0.245 e. The Balaban J connectivity index is 1.48. The van der Waals surface area contributed by atoms with Crippen LogP contribution in [0.4, 0.5) is 0 Å². The third-order valence-corrected chi connectivity index (χ3v) is 4.70. The number of hydrogen-bond donors (Lipinski definition) is 1. The van der Waals surface area contributed by atoms with Crippen molar-refractivity contribution in [1.29, 1.82) is 0 Å². The number of piperazine rings is 1. The van der Waals surface area contributed by atoms with E-state index in [0.29, 0.717) is 12.8 Å². The van der Waals surface area contributed by atoms with Crippen molar-refractivity contribution >= 4 is 23.2 Å². The van der Waals surface area contributed by atoms with E-state index in [1.54, 1.807) is 11.3 Å². The van der Waals surface area contributed by atoms with Gasteiger partial charge in [0.1, 0.15) is 6.04 Å². The summed E-state index contributed by atoms with van der Waals surface area (Å²) in [6.07, 6.45) is 1.13. The molecule has 3 rings (SSSR count). The predicted molar refractivity (Wildman–Crippen MR) is 77.3 cm³/mol. The van der Waals surface area contributed by atoms with Crippen LogP contribution in [0.25, 0.3) is 0 Å². The van der Waals surface area contributed by atoms with E-state index >= 15 is 0 Å². The first-order valence-corrected chi connectivity index (χ1v) is 7.98. The highest BCUT2D eigenvalue weighted by molar-refractivity contribution is 7.07. The molecular formula is C14H19N3O2S. The molecule has 2 aliphatic rings. The maximum atomic E-state index is 12.3. The summed E-state index contributed by atoms with van der Waals surface area (Å²) >= 11 is 1.72. The number of carbonyl (C=O) groups is 2. The van der Waals surface area contributed by atoms with Gasteiger partial charge in [0.25, 0.3) is 0 Å². The Labute approximate surface area is 122 Å². The largest absolute Gasteiger partial charge is 0.344 e. The van der Waals surface area contributed by atoms with Crippen LogP contribution in [0.5, 0.6) is 0 Å². The molecule has 1 aromatic heterocycles. The van der Waals surface area contributed by atoms with Crippen LogP contribution >= 0.6 is 11.3 Å². The van der Waals surface area contributed by atoms with E-state index in [9.17, 15) is 9.59 Å². The lowest BCUT2D eigenvalue weighted by Crippen LogP contribution is -2.53. The van der Waals surface area contributed by atoms with Crippen molar-refractivity contribution in [3.05, 3.63) is 22.4 Å².